The van der Waals surface area contributed by atoms with Crippen molar-refractivity contribution in [3.05, 3.63) is 66.0 Å². The molecule has 0 atom stereocenters. The smallest absolute Gasteiger partial charge is 0.289 e. The largest absolute Gasteiger partial charge is 0.459 e. The summed E-state index contributed by atoms with van der Waals surface area (Å²) < 4.78 is 18.1. The lowest BCUT2D eigenvalue weighted by Gasteiger charge is -2.15. The SMILES string of the molecule is CN(CCCc1cc(-c2ccc(F)cc2)n[nH]1)C(=O)c1ccco1. The first-order valence-electron chi connectivity index (χ1n) is 7.72. The van der Waals surface area contributed by atoms with E-state index in [4.69, 9.17) is 4.42 Å². The third-order valence-corrected chi connectivity index (χ3v) is 3.79. The number of aromatic nitrogens is 2. The summed E-state index contributed by atoms with van der Waals surface area (Å²) in [5.74, 6) is -0.0481. The number of amides is 1. The Morgan fingerprint density at radius 2 is 2.08 bits per heavy atom. The predicted molar refractivity (Wildman–Crippen MR) is 88.0 cm³/mol. The Morgan fingerprint density at radius 3 is 2.79 bits per heavy atom. The third kappa shape index (κ3) is 3.71. The standard InChI is InChI=1S/C18H18FN3O2/c1-22(18(23)17-5-3-11-24-17)10-2-4-15-12-16(21-20-15)13-6-8-14(19)9-7-13/h3,5-9,11-12H,2,4,10H2,1H3,(H,20,21). The summed E-state index contributed by atoms with van der Waals surface area (Å²) in [7, 11) is 1.75. The number of carbonyl (C=O) groups is 1. The van der Waals surface area contributed by atoms with Crippen LogP contribution in [0.4, 0.5) is 4.39 Å². The molecule has 0 saturated carbocycles. The predicted octanol–water partition coefficient (Wildman–Crippen LogP) is 3.51. The van der Waals surface area contributed by atoms with Crippen molar-refractivity contribution in [3.63, 3.8) is 0 Å². The van der Waals surface area contributed by atoms with Gasteiger partial charge in [0.1, 0.15) is 5.82 Å². The van der Waals surface area contributed by atoms with Crippen LogP contribution >= 0.6 is 0 Å². The van der Waals surface area contributed by atoms with Crippen LogP contribution < -0.4 is 0 Å². The van der Waals surface area contributed by atoms with E-state index in [9.17, 15) is 9.18 Å². The molecule has 0 bridgehead atoms. The molecule has 1 aromatic carbocycles. The summed E-state index contributed by atoms with van der Waals surface area (Å²) in [5.41, 5.74) is 2.63. The van der Waals surface area contributed by atoms with Gasteiger partial charge in [-0.15, -0.1) is 0 Å². The van der Waals surface area contributed by atoms with E-state index in [-0.39, 0.29) is 11.7 Å². The summed E-state index contributed by atoms with van der Waals surface area (Å²) in [6.45, 7) is 0.616. The van der Waals surface area contributed by atoms with Gasteiger partial charge in [0, 0.05) is 24.8 Å². The number of H-pyrrole nitrogens is 1. The molecule has 1 amide bonds. The van der Waals surface area contributed by atoms with Gasteiger partial charge in [-0.1, -0.05) is 0 Å². The number of halogens is 1. The van der Waals surface area contributed by atoms with E-state index in [0.717, 1.165) is 29.8 Å². The van der Waals surface area contributed by atoms with E-state index in [2.05, 4.69) is 10.2 Å². The van der Waals surface area contributed by atoms with E-state index in [0.29, 0.717) is 12.3 Å². The molecule has 0 saturated heterocycles. The normalized spacial score (nSPS) is 10.8. The molecule has 3 rings (SSSR count). The molecule has 0 spiro atoms. The van der Waals surface area contributed by atoms with E-state index in [1.54, 1.807) is 36.2 Å². The number of nitrogens with zero attached hydrogens (tertiary/aromatic N) is 2. The van der Waals surface area contributed by atoms with Gasteiger partial charge in [0.15, 0.2) is 5.76 Å². The van der Waals surface area contributed by atoms with Crippen LogP contribution in [0.1, 0.15) is 22.7 Å². The number of carbonyl (C=O) groups excluding carboxylic acids is 1. The first kappa shape index (κ1) is 16.0. The molecule has 0 aliphatic rings. The second-order valence-corrected chi connectivity index (χ2v) is 5.59. The fraction of sp³-hybridized carbons (Fsp3) is 0.222. The number of hydrogen-bond acceptors (Lipinski definition) is 3. The Morgan fingerprint density at radius 1 is 1.29 bits per heavy atom. The van der Waals surface area contributed by atoms with Crippen molar-refractivity contribution in [2.45, 2.75) is 12.8 Å². The van der Waals surface area contributed by atoms with Gasteiger partial charge >= 0.3 is 0 Å². The molecule has 0 unspecified atom stereocenters. The average molecular weight is 327 g/mol. The van der Waals surface area contributed by atoms with Crippen LogP contribution in [-0.2, 0) is 6.42 Å². The number of hydrogen-bond donors (Lipinski definition) is 1. The molecule has 24 heavy (non-hydrogen) atoms. The highest BCUT2D eigenvalue weighted by atomic mass is 19.1. The topological polar surface area (TPSA) is 62.1 Å². The highest BCUT2D eigenvalue weighted by molar-refractivity contribution is 5.91. The van der Waals surface area contributed by atoms with Gasteiger partial charge < -0.3 is 9.32 Å². The summed E-state index contributed by atoms with van der Waals surface area (Å²) in [4.78, 5) is 13.7. The van der Waals surface area contributed by atoms with E-state index in [1.165, 1.54) is 18.4 Å². The maximum absolute atomic E-state index is 12.9. The van der Waals surface area contributed by atoms with Crippen molar-refractivity contribution >= 4 is 5.91 Å². The van der Waals surface area contributed by atoms with Crippen LogP contribution in [0.2, 0.25) is 0 Å². The van der Waals surface area contributed by atoms with Crippen molar-refractivity contribution in [2.75, 3.05) is 13.6 Å². The van der Waals surface area contributed by atoms with Gasteiger partial charge in [-0.05, 0) is 55.3 Å². The summed E-state index contributed by atoms with van der Waals surface area (Å²) >= 11 is 0. The molecule has 0 aliphatic heterocycles. The minimum atomic E-state index is -0.265. The Labute approximate surface area is 139 Å². The Balaban J connectivity index is 1.52. The van der Waals surface area contributed by atoms with Crippen molar-refractivity contribution in [2.24, 2.45) is 0 Å². The van der Waals surface area contributed by atoms with Crippen LogP contribution in [0.3, 0.4) is 0 Å². The summed E-state index contributed by atoms with van der Waals surface area (Å²) in [6, 6.07) is 11.5. The van der Waals surface area contributed by atoms with Crippen molar-refractivity contribution in [1.82, 2.24) is 15.1 Å². The van der Waals surface area contributed by atoms with Crippen LogP contribution in [0.15, 0.2) is 53.1 Å². The second-order valence-electron chi connectivity index (χ2n) is 5.59. The van der Waals surface area contributed by atoms with Gasteiger partial charge in [0.05, 0.1) is 12.0 Å². The zero-order valence-electron chi connectivity index (χ0n) is 13.3. The van der Waals surface area contributed by atoms with E-state index < -0.39 is 0 Å². The Hall–Kier alpha value is -2.89. The zero-order chi connectivity index (χ0) is 16.9. The average Bonchev–Trinajstić information content (AvgIpc) is 3.26. The van der Waals surface area contributed by atoms with Gasteiger partial charge in [-0.3, -0.25) is 9.89 Å². The Kier molecular flexibility index (Phi) is 4.74. The minimum absolute atomic E-state index is 0.128. The minimum Gasteiger partial charge on any atom is -0.459 e. The number of aromatic amines is 1. The van der Waals surface area contributed by atoms with Crippen LogP contribution in [0.5, 0.6) is 0 Å². The van der Waals surface area contributed by atoms with Gasteiger partial charge in [-0.25, -0.2) is 4.39 Å². The number of rotatable bonds is 6. The van der Waals surface area contributed by atoms with E-state index in [1.807, 2.05) is 6.07 Å². The first-order valence-corrected chi connectivity index (χ1v) is 7.72. The highest BCUT2D eigenvalue weighted by Gasteiger charge is 2.14. The summed E-state index contributed by atoms with van der Waals surface area (Å²) in [5, 5.41) is 7.23. The van der Waals surface area contributed by atoms with E-state index >= 15 is 0 Å². The van der Waals surface area contributed by atoms with Crippen molar-refractivity contribution < 1.29 is 13.6 Å². The highest BCUT2D eigenvalue weighted by Crippen LogP contribution is 2.18. The quantitative estimate of drug-likeness (QED) is 0.753. The zero-order valence-corrected chi connectivity index (χ0v) is 13.3. The van der Waals surface area contributed by atoms with Gasteiger partial charge in [-0.2, -0.15) is 5.10 Å². The molecule has 0 fully saturated rings. The van der Waals surface area contributed by atoms with Crippen LogP contribution in [0, 0.1) is 5.82 Å². The molecular formula is C18H18FN3O2. The third-order valence-electron chi connectivity index (χ3n) is 3.79. The lowest BCUT2D eigenvalue weighted by Crippen LogP contribution is -2.27. The molecule has 0 radical (unpaired) electrons. The van der Waals surface area contributed by atoms with Crippen molar-refractivity contribution in [1.29, 1.82) is 0 Å². The second kappa shape index (κ2) is 7.12. The van der Waals surface area contributed by atoms with Crippen LogP contribution in [-0.4, -0.2) is 34.6 Å². The molecule has 5 nitrogen and oxygen atoms in total. The molecule has 0 aliphatic carbocycles. The number of aryl methyl sites for hydroxylation is 1. The fourth-order valence-corrected chi connectivity index (χ4v) is 2.45. The van der Waals surface area contributed by atoms with Crippen LogP contribution in [0.25, 0.3) is 11.3 Å². The Bertz CT molecular complexity index is 794. The molecular weight excluding hydrogens is 309 g/mol. The molecule has 2 heterocycles. The molecule has 6 heteroatoms. The van der Waals surface area contributed by atoms with Gasteiger partial charge in [0.25, 0.3) is 5.91 Å². The number of benzene rings is 1. The maximum Gasteiger partial charge on any atom is 0.289 e. The van der Waals surface area contributed by atoms with Gasteiger partial charge in [0.2, 0.25) is 0 Å². The lowest BCUT2D eigenvalue weighted by molar-refractivity contribution is 0.0762. The molecule has 3 aromatic rings. The monoisotopic (exact) mass is 327 g/mol. The fourth-order valence-electron chi connectivity index (χ4n) is 2.45. The lowest BCUT2D eigenvalue weighted by atomic mass is 10.1. The summed E-state index contributed by atoms with van der Waals surface area (Å²) in [6.07, 6.45) is 3.06. The molecule has 2 aromatic heterocycles. The number of nitrogens with one attached hydrogen (secondary N) is 1. The van der Waals surface area contributed by atoms with Crippen molar-refractivity contribution in [3.8, 4) is 11.3 Å². The number of furan rings is 1. The first-order chi connectivity index (χ1) is 11.6. The molecule has 1 N–H and O–H groups in total. The maximum atomic E-state index is 12.9. The molecule has 124 valence electrons.